The Morgan fingerprint density at radius 1 is 1.13 bits per heavy atom. The van der Waals surface area contributed by atoms with Gasteiger partial charge in [0.1, 0.15) is 17.5 Å². The van der Waals surface area contributed by atoms with Crippen LogP contribution in [0.15, 0.2) is 53.4 Å². The quantitative estimate of drug-likeness (QED) is 0.846. The maximum atomic E-state index is 12.1. The molecule has 6 nitrogen and oxygen atoms in total. The van der Waals surface area contributed by atoms with Crippen LogP contribution >= 0.6 is 0 Å². The molecule has 23 heavy (non-hydrogen) atoms. The van der Waals surface area contributed by atoms with Crippen LogP contribution in [0.4, 0.5) is 0 Å². The number of benzene rings is 2. The number of nitrogens with one attached hydrogen (secondary N) is 1. The molecular weight excluding hydrogens is 318 g/mol. The number of aliphatic carboxylic acids is 1. The molecule has 1 atom stereocenters. The van der Waals surface area contributed by atoms with E-state index in [0.717, 1.165) is 5.56 Å². The molecule has 0 amide bonds. The topological polar surface area (TPSA) is 92.7 Å². The van der Waals surface area contributed by atoms with E-state index >= 15 is 0 Å². The SMILES string of the molecule is Cc1ccccc1Oc1ccc(S(=O)(=O)NC(C)C(=O)O)cc1. The number of hydrogen-bond donors (Lipinski definition) is 2. The van der Waals surface area contributed by atoms with Gasteiger partial charge >= 0.3 is 5.97 Å². The summed E-state index contributed by atoms with van der Waals surface area (Å²) in [5.41, 5.74) is 0.959. The van der Waals surface area contributed by atoms with Crippen molar-refractivity contribution in [2.45, 2.75) is 24.8 Å². The smallest absolute Gasteiger partial charge is 0.321 e. The number of para-hydroxylation sites is 1. The first-order valence-corrected chi connectivity index (χ1v) is 8.36. The van der Waals surface area contributed by atoms with E-state index in [0.29, 0.717) is 11.5 Å². The lowest BCUT2D eigenvalue weighted by atomic mass is 10.2. The highest BCUT2D eigenvalue weighted by atomic mass is 32.2. The predicted molar refractivity (Wildman–Crippen MR) is 85.1 cm³/mol. The van der Waals surface area contributed by atoms with Crippen LogP contribution in [0.2, 0.25) is 0 Å². The van der Waals surface area contributed by atoms with Crippen LogP contribution in [0.5, 0.6) is 11.5 Å². The molecule has 0 aromatic heterocycles. The average molecular weight is 335 g/mol. The molecule has 0 bridgehead atoms. The van der Waals surface area contributed by atoms with Crippen LogP contribution in [0.3, 0.4) is 0 Å². The van der Waals surface area contributed by atoms with Crippen molar-refractivity contribution in [3.05, 3.63) is 54.1 Å². The fourth-order valence-corrected chi connectivity index (χ4v) is 3.03. The number of ether oxygens (including phenoxy) is 1. The second-order valence-corrected chi connectivity index (χ2v) is 6.73. The number of carbonyl (C=O) groups is 1. The predicted octanol–water partition coefficient (Wildman–Crippen LogP) is 2.54. The van der Waals surface area contributed by atoms with Crippen LogP contribution in [0, 0.1) is 6.92 Å². The summed E-state index contributed by atoms with van der Waals surface area (Å²) in [5, 5.41) is 8.78. The summed E-state index contributed by atoms with van der Waals surface area (Å²) in [6, 6.07) is 12.0. The van der Waals surface area contributed by atoms with Gasteiger partial charge in [-0.15, -0.1) is 0 Å². The summed E-state index contributed by atoms with van der Waals surface area (Å²) in [7, 11) is -3.89. The second kappa shape index (κ2) is 6.80. The third-order valence-electron chi connectivity index (χ3n) is 3.16. The largest absolute Gasteiger partial charge is 0.480 e. The lowest BCUT2D eigenvalue weighted by molar-refractivity contribution is -0.138. The van der Waals surface area contributed by atoms with Gasteiger partial charge in [0.05, 0.1) is 4.90 Å². The molecule has 0 aliphatic carbocycles. The highest BCUT2D eigenvalue weighted by molar-refractivity contribution is 7.89. The van der Waals surface area contributed by atoms with Gasteiger partial charge < -0.3 is 9.84 Å². The minimum Gasteiger partial charge on any atom is -0.480 e. The Morgan fingerprint density at radius 2 is 1.74 bits per heavy atom. The van der Waals surface area contributed by atoms with Gasteiger partial charge in [-0.2, -0.15) is 4.72 Å². The van der Waals surface area contributed by atoms with Gasteiger partial charge in [0.15, 0.2) is 0 Å². The number of aryl methyl sites for hydroxylation is 1. The van der Waals surface area contributed by atoms with E-state index in [4.69, 9.17) is 9.84 Å². The number of carboxylic acid groups (broad SMARTS) is 1. The van der Waals surface area contributed by atoms with E-state index in [2.05, 4.69) is 4.72 Å². The molecule has 0 fully saturated rings. The molecule has 0 heterocycles. The highest BCUT2D eigenvalue weighted by Crippen LogP contribution is 2.25. The molecule has 2 aromatic rings. The van der Waals surface area contributed by atoms with E-state index in [1.54, 1.807) is 0 Å². The highest BCUT2D eigenvalue weighted by Gasteiger charge is 2.21. The van der Waals surface area contributed by atoms with Crippen molar-refractivity contribution < 1.29 is 23.1 Å². The Kier molecular flexibility index (Phi) is 5.02. The molecule has 0 radical (unpaired) electrons. The summed E-state index contributed by atoms with van der Waals surface area (Å²) in [6.45, 7) is 3.17. The van der Waals surface area contributed by atoms with Crippen LogP contribution < -0.4 is 9.46 Å². The van der Waals surface area contributed by atoms with E-state index in [9.17, 15) is 13.2 Å². The van der Waals surface area contributed by atoms with Gasteiger partial charge in [-0.1, -0.05) is 18.2 Å². The van der Waals surface area contributed by atoms with Crippen molar-refractivity contribution in [2.24, 2.45) is 0 Å². The number of sulfonamides is 1. The van der Waals surface area contributed by atoms with Gasteiger partial charge in [0.25, 0.3) is 0 Å². The van der Waals surface area contributed by atoms with E-state index in [1.807, 2.05) is 31.2 Å². The third-order valence-corrected chi connectivity index (χ3v) is 4.71. The summed E-state index contributed by atoms with van der Waals surface area (Å²) in [5.74, 6) is -0.0710. The monoisotopic (exact) mass is 335 g/mol. The molecule has 7 heteroatoms. The zero-order valence-electron chi connectivity index (χ0n) is 12.7. The van der Waals surface area contributed by atoms with Crippen LogP contribution in [-0.2, 0) is 14.8 Å². The van der Waals surface area contributed by atoms with Gasteiger partial charge in [-0.25, -0.2) is 8.42 Å². The van der Waals surface area contributed by atoms with Crippen molar-refractivity contribution in [1.82, 2.24) is 4.72 Å². The first-order chi connectivity index (χ1) is 10.8. The lowest BCUT2D eigenvalue weighted by Gasteiger charge is -2.11. The van der Waals surface area contributed by atoms with Crippen molar-refractivity contribution in [3.8, 4) is 11.5 Å². The minimum absolute atomic E-state index is 0.0252. The maximum absolute atomic E-state index is 12.1. The number of hydrogen-bond acceptors (Lipinski definition) is 4. The molecule has 0 saturated carbocycles. The molecular formula is C16H17NO5S. The molecule has 2 rings (SSSR count). The average Bonchev–Trinajstić information content (AvgIpc) is 2.49. The van der Waals surface area contributed by atoms with Crippen molar-refractivity contribution in [1.29, 1.82) is 0 Å². The fraction of sp³-hybridized carbons (Fsp3) is 0.188. The zero-order chi connectivity index (χ0) is 17.0. The lowest BCUT2D eigenvalue weighted by Crippen LogP contribution is -2.38. The van der Waals surface area contributed by atoms with Crippen molar-refractivity contribution in [3.63, 3.8) is 0 Å². The molecule has 122 valence electrons. The molecule has 0 spiro atoms. The van der Waals surface area contributed by atoms with Crippen LogP contribution in [0.1, 0.15) is 12.5 Å². The molecule has 0 aliphatic heterocycles. The van der Waals surface area contributed by atoms with Gasteiger partial charge in [0.2, 0.25) is 10.0 Å². The van der Waals surface area contributed by atoms with Crippen molar-refractivity contribution >= 4 is 16.0 Å². The van der Waals surface area contributed by atoms with E-state index < -0.39 is 22.0 Å². The van der Waals surface area contributed by atoms with Gasteiger partial charge in [-0.05, 0) is 49.7 Å². The summed E-state index contributed by atoms with van der Waals surface area (Å²) in [6.07, 6.45) is 0. The number of rotatable bonds is 6. The summed E-state index contributed by atoms with van der Waals surface area (Å²) in [4.78, 5) is 10.7. The Bertz CT molecular complexity index is 799. The first kappa shape index (κ1) is 17.0. The Hall–Kier alpha value is -2.38. The van der Waals surface area contributed by atoms with Crippen LogP contribution in [0.25, 0.3) is 0 Å². The summed E-state index contributed by atoms with van der Waals surface area (Å²) >= 11 is 0. The molecule has 1 unspecified atom stereocenters. The van der Waals surface area contributed by atoms with Gasteiger partial charge in [0, 0.05) is 0 Å². The fourth-order valence-electron chi connectivity index (χ4n) is 1.84. The van der Waals surface area contributed by atoms with E-state index in [-0.39, 0.29) is 4.90 Å². The molecule has 2 aromatic carbocycles. The Labute approximate surface area is 134 Å². The Balaban J connectivity index is 2.16. The van der Waals surface area contributed by atoms with Crippen molar-refractivity contribution in [2.75, 3.05) is 0 Å². The van der Waals surface area contributed by atoms with Gasteiger partial charge in [-0.3, -0.25) is 4.79 Å². The minimum atomic E-state index is -3.89. The normalized spacial score (nSPS) is 12.6. The van der Waals surface area contributed by atoms with Crippen LogP contribution in [-0.4, -0.2) is 25.5 Å². The zero-order valence-corrected chi connectivity index (χ0v) is 13.5. The Morgan fingerprint density at radius 3 is 2.30 bits per heavy atom. The second-order valence-electron chi connectivity index (χ2n) is 5.02. The third kappa shape index (κ3) is 4.30. The molecule has 0 aliphatic rings. The number of carboxylic acids is 1. The molecule has 2 N–H and O–H groups in total. The standard InChI is InChI=1S/C16H17NO5S/c1-11-5-3-4-6-15(11)22-13-7-9-14(10-8-13)23(20,21)17-12(2)16(18)19/h3-10,12,17H,1-2H3,(H,18,19). The maximum Gasteiger partial charge on any atom is 0.321 e. The summed E-state index contributed by atoms with van der Waals surface area (Å²) < 4.78 is 31.9. The van der Waals surface area contributed by atoms with E-state index in [1.165, 1.54) is 31.2 Å². The first-order valence-electron chi connectivity index (χ1n) is 6.88. The molecule has 0 saturated heterocycles.